The van der Waals surface area contributed by atoms with E-state index in [1.807, 2.05) is 29.6 Å². The number of rotatable bonds is 6. The minimum Gasteiger partial charge on any atom is -0.497 e. The van der Waals surface area contributed by atoms with E-state index in [-0.39, 0.29) is 11.8 Å². The number of aromatic nitrogens is 2. The number of carbonyl (C=O) groups excluding carboxylic acids is 2. The molecule has 3 rings (SSSR count). The Morgan fingerprint density at radius 1 is 1.15 bits per heavy atom. The fourth-order valence-electron chi connectivity index (χ4n) is 2.08. The maximum atomic E-state index is 12.2. The van der Waals surface area contributed by atoms with Gasteiger partial charge < -0.3 is 10.1 Å². The van der Waals surface area contributed by atoms with E-state index in [4.69, 9.17) is 4.74 Å². The molecule has 2 aromatic heterocycles. The number of benzene rings is 1. The number of anilines is 1. The summed E-state index contributed by atoms with van der Waals surface area (Å²) in [5.74, 6) is 0.119. The maximum absolute atomic E-state index is 12.2. The molecule has 3 aromatic rings. The first kappa shape index (κ1) is 18.0. The van der Waals surface area contributed by atoms with Gasteiger partial charge in [-0.15, -0.1) is 21.5 Å². The highest BCUT2D eigenvalue weighted by Gasteiger charge is 2.19. The zero-order valence-electron chi connectivity index (χ0n) is 14.1. The molecule has 0 bridgehead atoms. The minimum atomic E-state index is -0.696. The molecule has 2 heterocycles. The number of amides is 2. The molecule has 7 nitrogen and oxygen atoms in total. The first-order chi connectivity index (χ1) is 12.6. The third kappa shape index (κ3) is 4.24. The zero-order chi connectivity index (χ0) is 18.5. The summed E-state index contributed by atoms with van der Waals surface area (Å²) in [4.78, 5) is 24.8. The van der Waals surface area contributed by atoms with Gasteiger partial charge in [-0.05, 0) is 42.6 Å². The van der Waals surface area contributed by atoms with Crippen LogP contribution in [0.5, 0.6) is 5.75 Å². The van der Waals surface area contributed by atoms with Crippen molar-refractivity contribution >= 4 is 39.6 Å². The van der Waals surface area contributed by atoms with E-state index < -0.39 is 6.04 Å². The summed E-state index contributed by atoms with van der Waals surface area (Å²) in [5, 5.41) is 16.3. The summed E-state index contributed by atoms with van der Waals surface area (Å²) in [5.41, 5.74) is 0.878. The predicted octanol–water partition coefficient (Wildman–Crippen LogP) is 3.03. The monoisotopic (exact) mass is 388 g/mol. The number of carbonyl (C=O) groups is 2. The molecule has 134 valence electrons. The van der Waals surface area contributed by atoms with Gasteiger partial charge in [0.1, 0.15) is 16.8 Å². The van der Waals surface area contributed by atoms with Gasteiger partial charge >= 0.3 is 0 Å². The van der Waals surface area contributed by atoms with Gasteiger partial charge in [0.2, 0.25) is 11.0 Å². The Labute approximate surface area is 158 Å². The van der Waals surface area contributed by atoms with Crippen LogP contribution < -0.4 is 15.4 Å². The van der Waals surface area contributed by atoms with Crippen LogP contribution >= 0.6 is 22.7 Å². The van der Waals surface area contributed by atoms with Crippen molar-refractivity contribution < 1.29 is 14.3 Å². The molecule has 2 amide bonds. The highest BCUT2D eigenvalue weighted by molar-refractivity contribution is 7.18. The molecule has 26 heavy (non-hydrogen) atoms. The molecule has 2 N–H and O–H groups in total. The fourth-order valence-corrected chi connectivity index (χ4v) is 3.46. The summed E-state index contributed by atoms with van der Waals surface area (Å²) < 4.78 is 5.12. The van der Waals surface area contributed by atoms with E-state index in [9.17, 15) is 9.59 Å². The Morgan fingerprint density at radius 2 is 1.92 bits per heavy atom. The van der Waals surface area contributed by atoms with Gasteiger partial charge in [0.25, 0.3) is 5.91 Å². The van der Waals surface area contributed by atoms with Gasteiger partial charge in [-0.25, -0.2) is 0 Å². The summed E-state index contributed by atoms with van der Waals surface area (Å²) in [6.07, 6.45) is 0. The number of nitrogens with zero attached hydrogens (tertiary/aromatic N) is 2. The predicted molar refractivity (Wildman–Crippen MR) is 102 cm³/mol. The van der Waals surface area contributed by atoms with Gasteiger partial charge in [-0.1, -0.05) is 17.4 Å². The van der Waals surface area contributed by atoms with E-state index >= 15 is 0 Å². The second-order valence-electron chi connectivity index (χ2n) is 5.30. The van der Waals surface area contributed by atoms with Crippen LogP contribution in [0.2, 0.25) is 0 Å². The lowest BCUT2D eigenvalue weighted by Gasteiger charge is -2.11. The van der Waals surface area contributed by atoms with Gasteiger partial charge in [-0.3, -0.25) is 14.9 Å². The van der Waals surface area contributed by atoms with E-state index in [0.29, 0.717) is 15.0 Å². The maximum Gasteiger partial charge on any atom is 0.261 e. The van der Waals surface area contributed by atoms with Crippen LogP contribution in [-0.2, 0) is 4.79 Å². The number of methoxy groups -OCH3 is 1. The van der Waals surface area contributed by atoms with Crippen molar-refractivity contribution in [1.82, 2.24) is 15.5 Å². The molecule has 9 heteroatoms. The average molecular weight is 388 g/mol. The lowest BCUT2D eigenvalue weighted by Crippen LogP contribution is -2.41. The van der Waals surface area contributed by atoms with Crippen molar-refractivity contribution in [2.45, 2.75) is 13.0 Å². The van der Waals surface area contributed by atoms with Crippen molar-refractivity contribution in [2.24, 2.45) is 0 Å². The van der Waals surface area contributed by atoms with Crippen molar-refractivity contribution in [3.63, 3.8) is 0 Å². The van der Waals surface area contributed by atoms with E-state index in [1.54, 1.807) is 26.2 Å². The summed E-state index contributed by atoms with van der Waals surface area (Å²) >= 11 is 2.58. The number of hydrogen-bond donors (Lipinski definition) is 2. The Morgan fingerprint density at radius 3 is 2.58 bits per heavy atom. The standard InChI is InChI=1S/C17H16N4O3S2/c1-10(18-15(23)13-4-3-9-25-13)14(22)19-17-21-20-16(26-17)11-5-7-12(24-2)8-6-11/h3-10H,1-2H3,(H,18,23)(H,19,21,22). The number of nitrogens with one attached hydrogen (secondary N) is 2. The molecule has 1 aromatic carbocycles. The Hall–Kier alpha value is -2.78. The number of thiophene rings is 1. The van der Waals surface area contributed by atoms with E-state index in [0.717, 1.165) is 11.3 Å². The summed E-state index contributed by atoms with van der Waals surface area (Å²) in [6.45, 7) is 1.62. The first-order valence-electron chi connectivity index (χ1n) is 7.70. The van der Waals surface area contributed by atoms with Gasteiger partial charge in [0.15, 0.2) is 0 Å². The molecule has 0 radical (unpaired) electrons. The Kier molecular flexibility index (Phi) is 5.59. The van der Waals surface area contributed by atoms with Crippen LogP contribution in [0.1, 0.15) is 16.6 Å². The second kappa shape index (κ2) is 8.07. The molecule has 0 aliphatic rings. The highest BCUT2D eigenvalue weighted by Crippen LogP contribution is 2.27. The fraction of sp³-hybridized carbons (Fsp3) is 0.176. The molecule has 1 unspecified atom stereocenters. The Bertz CT molecular complexity index is 891. The molecule has 0 saturated carbocycles. The number of ether oxygens (including phenoxy) is 1. The van der Waals surface area contributed by atoms with Gasteiger partial charge in [0, 0.05) is 5.56 Å². The van der Waals surface area contributed by atoms with E-state index in [2.05, 4.69) is 20.8 Å². The quantitative estimate of drug-likeness (QED) is 0.677. The second-order valence-corrected chi connectivity index (χ2v) is 7.23. The van der Waals surface area contributed by atoms with Crippen molar-refractivity contribution in [1.29, 1.82) is 0 Å². The smallest absolute Gasteiger partial charge is 0.261 e. The van der Waals surface area contributed by atoms with Crippen molar-refractivity contribution in [3.05, 3.63) is 46.7 Å². The molecule has 0 spiro atoms. The summed E-state index contributed by atoms with van der Waals surface area (Å²) in [7, 11) is 1.60. The van der Waals surface area contributed by atoms with Crippen LogP contribution in [0.3, 0.4) is 0 Å². The third-order valence-electron chi connectivity index (χ3n) is 3.48. The average Bonchev–Trinajstić information content (AvgIpc) is 3.34. The molecular formula is C17H16N4O3S2. The van der Waals surface area contributed by atoms with Crippen LogP contribution in [0, 0.1) is 0 Å². The topological polar surface area (TPSA) is 93.2 Å². The van der Waals surface area contributed by atoms with Crippen molar-refractivity contribution in [3.8, 4) is 16.3 Å². The SMILES string of the molecule is COc1ccc(-c2nnc(NC(=O)C(C)NC(=O)c3cccs3)s2)cc1. The lowest BCUT2D eigenvalue weighted by molar-refractivity contribution is -0.117. The lowest BCUT2D eigenvalue weighted by atomic mass is 10.2. The summed E-state index contributed by atoms with van der Waals surface area (Å²) in [6, 6.07) is 10.2. The third-order valence-corrected chi connectivity index (χ3v) is 5.23. The number of hydrogen-bond acceptors (Lipinski definition) is 7. The van der Waals surface area contributed by atoms with Crippen molar-refractivity contribution in [2.75, 3.05) is 12.4 Å². The molecular weight excluding hydrogens is 372 g/mol. The highest BCUT2D eigenvalue weighted by atomic mass is 32.1. The van der Waals surface area contributed by atoms with Gasteiger partial charge in [-0.2, -0.15) is 0 Å². The molecule has 0 aliphatic heterocycles. The first-order valence-corrected chi connectivity index (χ1v) is 9.39. The van der Waals surface area contributed by atoms with Crippen LogP contribution in [0.15, 0.2) is 41.8 Å². The molecule has 1 atom stereocenters. The minimum absolute atomic E-state index is 0.279. The molecule has 0 aliphatic carbocycles. The van der Waals surface area contributed by atoms with Crippen LogP contribution in [0.4, 0.5) is 5.13 Å². The largest absolute Gasteiger partial charge is 0.497 e. The normalized spacial score (nSPS) is 11.6. The van der Waals surface area contributed by atoms with Gasteiger partial charge in [0.05, 0.1) is 12.0 Å². The zero-order valence-corrected chi connectivity index (χ0v) is 15.7. The molecule has 0 saturated heterocycles. The van der Waals surface area contributed by atoms with Crippen LogP contribution in [-0.4, -0.2) is 35.2 Å². The molecule has 0 fully saturated rings. The van der Waals surface area contributed by atoms with E-state index in [1.165, 1.54) is 22.7 Å². The Balaban J connectivity index is 1.60. The van der Waals surface area contributed by atoms with Crippen LogP contribution in [0.25, 0.3) is 10.6 Å².